The first-order chi connectivity index (χ1) is 17.8. The highest BCUT2D eigenvalue weighted by molar-refractivity contribution is 5.92. The van der Waals surface area contributed by atoms with Crippen molar-refractivity contribution >= 4 is 18.0 Å². The van der Waals surface area contributed by atoms with Gasteiger partial charge in [-0.2, -0.15) is 0 Å². The molecule has 0 radical (unpaired) electrons. The third kappa shape index (κ3) is 3.81. The van der Waals surface area contributed by atoms with E-state index in [-0.39, 0.29) is 29.4 Å². The number of amides is 1. The minimum absolute atomic E-state index is 0.00965. The molecule has 1 amide bonds. The van der Waals surface area contributed by atoms with Gasteiger partial charge >= 0.3 is 5.97 Å². The number of ether oxygens (including phenoxy) is 2. The van der Waals surface area contributed by atoms with Crippen LogP contribution >= 0.6 is 0 Å². The minimum Gasteiger partial charge on any atom is -0.487 e. The molecule has 2 bridgehead atoms. The van der Waals surface area contributed by atoms with Crippen molar-refractivity contribution in [3.05, 3.63) is 53.5 Å². The van der Waals surface area contributed by atoms with Crippen molar-refractivity contribution in [2.45, 2.75) is 70.1 Å². The molecule has 1 spiro atoms. The molecule has 0 N–H and O–H groups in total. The number of nitrogens with zero attached hydrogens (tertiary/aromatic N) is 2. The average molecular weight is 505 g/mol. The number of carbonyl (C=O) groups is 2. The molecule has 196 valence electrons. The van der Waals surface area contributed by atoms with Gasteiger partial charge in [-0.3, -0.25) is 9.59 Å². The van der Waals surface area contributed by atoms with E-state index in [9.17, 15) is 9.59 Å². The van der Waals surface area contributed by atoms with Gasteiger partial charge in [0.2, 0.25) is 5.91 Å². The van der Waals surface area contributed by atoms with Gasteiger partial charge in [0.1, 0.15) is 17.6 Å². The van der Waals surface area contributed by atoms with Crippen LogP contribution in [0.4, 0.5) is 0 Å². The number of benzene rings is 1. The Morgan fingerprint density at radius 1 is 1.27 bits per heavy atom. The highest BCUT2D eigenvalue weighted by Gasteiger charge is 2.66. The smallest absolute Gasteiger partial charge is 0.308 e. The van der Waals surface area contributed by atoms with Gasteiger partial charge in [0.15, 0.2) is 0 Å². The SMILES string of the molecule is CC(=O)Oc1ccc2c3c1C[C@@H]1[C@@H]4CC[C@H](N(CC(C)C)C(=O)/C=C/c5ccoc5)[C@H](O2)[C@]34CCN1C. The Morgan fingerprint density at radius 2 is 2.11 bits per heavy atom. The zero-order chi connectivity index (χ0) is 25.9. The standard InChI is InChI=1S/C30H36N2O5/c1-18(2)16-32(27(34)10-5-20-11-14-35-17-20)23-7-6-22-24-15-21-25(36-19(3)33)8-9-26-28(21)30(22,29(23)37-26)12-13-31(24)4/h5,8-11,14,17-18,22-24,29H,6-7,12-13,15-16H2,1-4H3/b10-5+/t22-,23-,24+,29-,30-/m0/s1. The van der Waals surface area contributed by atoms with Gasteiger partial charge in [-0.25, -0.2) is 0 Å². The molecule has 0 unspecified atom stereocenters. The topological polar surface area (TPSA) is 72.2 Å². The molecule has 2 aliphatic carbocycles. The summed E-state index contributed by atoms with van der Waals surface area (Å²) >= 11 is 0. The molecule has 2 fully saturated rings. The number of furan rings is 1. The molecule has 2 aliphatic heterocycles. The van der Waals surface area contributed by atoms with Gasteiger partial charge < -0.3 is 23.7 Å². The first-order valence-electron chi connectivity index (χ1n) is 13.5. The molecular weight excluding hydrogens is 468 g/mol. The average Bonchev–Trinajstić information content (AvgIpc) is 3.49. The first kappa shape index (κ1) is 24.3. The van der Waals surface area contributed by atoms with E-state index in [1.807, 2.05) is 24.3 Å². The van der Waals surface area contributed by atoms with E-state index < -0.39 is 0 Å². The van der Waals surface area contributed by atoms with Crippen LogP contribution in [0.25, 0.3) is 6.08 Å². The van der Waals surface area contributed by atoms with Gasteiger partial charge in [0.25, 0.3) is 0 Å². The maximum absolute atomic E-state index is 13.7. The Bertz CT molecular complexity index is 1230. The molecule has 5 atom stereocenters. The normalized spacial score (nSPS) is 29.8. The second-order valence-electron chi connectivity index (χ2n) is 11.6. The number of likely N-dealkylation sites (N-methyl/N-ethyl adjacent to an activating group) is 1. The number of hydrogen-bond donors (Lipinski definition) is 0. The van der Waals surface area contributed by atoms with Crippen LogP contribution in [-0.2, 0) is 21.4 Å². The molecule has 37 heavy (non-hydrogen) atoms. The molecule has 2 aromatic rings. The van der Waals surface area contributed by atoms with Gasteiger partial charge in [-0.05, 0) is 75.4 Å². The third-order valence-corrected chi connectivity index (χ3v) is 9.03. The van der Waals surface area contributed by atoms with Crippen molar-refractivity contribution in [3.63, 3.8) is 0 Å². The van der Waals surface area contributed by atoms with E-state index in [0.29, 0.717) is 30.2 Å². The Labute approximate surface area is 218 Å². The summed E-state index contributed by atoms with van der Waals surface area (Å²) in [6.45, 7) is 7.43. The first-order valence-corrected chi connectivity index (χ1v) is 13.5. The van der Waals surface area contributed by atoms with E-state index in [0.717, 1.165) is 49.1 Å². The van der Waals surface area contributed by atoms with Crippen molar-refractivity contribution in [2.75, 3.05) is 20.1 Å². The fourth-order valence-electron chi connectivity index (χ4n) is 7.70. The Morgan fingerprint density at radius 3 is 2.84 bits per heavy atom. The summed E-state index contributed by atoms with van der Waals surface area (Å²) in [6, 6.07) is 6.05. The Balaban J connectivity index is 1.42. The predicted molar refractivity (Wildman–Crippen MR) is 139 cm³/mol. The Hall–Kier alpha value is -3.06. The van der Waals surface area contributed by atoms with Crippen molar-refractivity contribution in [2.24, 2.45) is 11.8 Å². The predicted octanol–water partition coefficient (Wildman–Crippen LogP) is 4.44. The molecule has 4 aliphatic rings. The summed E-state index contributed by atoms with van der Waals surface area (Å²) in [4.78, 5) is 30.1. The maximum atomic E-state index is 13.7. The number of rotatable bonds is 6. The zero-order valence-corrected chi connectivity index (χ0v) is 22.1. The molecule has 1 aromatic heterocycles. The van der Waals surface area contributed by atoms with Crippen LogP contribution in [0.5, 0.6) is 11.5 Å². The fraction of sp³-hybridized carbons (Fsp3) is 0.533. The monoisotopic (exact) mass is 504 g/mol. The molecule has 1 saturated heterocycles. The summed E-state index contributed by atoms with van der Waals surface area (Å²) in [5.74, 6) is 2.05. The van der Waals surface area contributed by atoms with Crippen LogP contribution in [0, 0.1) is 11.8 Å². The van der Waals surface area contributed by atoms with E-state index in [1.165, 1.54) is 12.5 Å². The number of piperidine rings is 1. The van der Waals surface area contributed by atoms with Gasteiger partial charge in [0, 0.05) is 47.7 Å². The zero-order valence-electron chi connectivity index (χ0n) is 22.1. The lowest BCUT2D eigenvalue weighted by atomic mass is 9.51. The number of likely N-dealkylation sites (tertiary alicyclic amines) is 1. The molecule has 7 heteroatoms. The van der Waals surface area contributed by atoms with E-state index in [4.69, 9.17) is 13.9 Å². The summed E-state index contributed by atoms with van der Waals surface area (Å²) in [7, 11) is 2.21. The molecule has 3 heterocycles. The summed E-state index contributed by atoms with van der Waals surface area (Å²) in [6.07, 6.45) is 10.4. The maximum Gasteiger partial charge on any atom is 0.308 e. The lowest BCUT2D eigenvalue weighted by Gasteiger charge is -2.60. The van der Waals surface area contributed by atoms with E-state index in [1.54, 1.807) is 18.6 Å². The summed E-state index contributed by atoms with van der Waals surface area (Å²) in [5, 5.41) is 0. The molecular formula is C30H36N2O5. The van der Waals surface area contributed by atoms with Crippen LogP contribution in [-0.4, -0.2) is 60.0 Å². The fourth-order valence-corrected chi connectivity index (χ4v) is 7.70. The Kier molecular flexibility index (Phi) is 5.94. The van der Waals surface area contributed by atoms with Crippen molar-refractivity contribution < 1.29 is 23.5 Å². The molecule has 1 saturated carbocycles. The highest BCUT2D eigenvalue weighted by atomic mass is 16.5. The number of hydrogen-bond acceptors (Lipinski definition) is 6. The summed E-state index contributed by atoms with van der Waals surface area (Å²) in [5.41, 5.74) is 3.05. The number of esters is 1. The van der Waals surface area contributed by atoms with Crippen molar-refractivity contribution in [1.29, 1.82) is 0 Å². The minimum atomic E-state index is -0.301. The van der Waals surface area contributed by atoms with Crippen molar-refractivity contribution in [3.8, 4) is 11.5 Å². The third-order valence-electron chi connectivity index (χ3n) is 9.03. The molecule has 1 aromatic carbocycles. The largest absolute Gasteiger partial charge is 0.487 e. The van der Waals surface area contributed by atoms with Crippen molar-refractivity contribution in [1.82, 2.24) is 9.80 Å². The van der Waals surface area contributed by atoms with Gasteiger partial charge in [-0.15, -0.1) is 0 Å². The van der Waals surface area contributed by atoms with Gasteiger partial charge in [-0.1, -0.05) is 13.8 Å². The van der Waals surface area contributed by atoms with E-state index >= 15 is 0 Å². The lowest BCUT2D eigenvalue weighted by molar-refractivity contribution is -0.138. The molecule has 7 nitrogen and oxygen atoms in total. The van der Waals surface area contributed by atoms with Crippen LogP contribution in [0.1, 0.15) is 56.7 Å². The number of carbonyl (C=O) groups excluding carboxylic acids is 2. The highest BCUT2D eigenvalue weighted by Crippen LogP contribution is 2.63. The van der Waals surface area contributed by atoms with Crippen LogP contribution in [0.2, 0.25) is 0 Å². The van der Waals surface area contributed by atoms with Crippen LogP contribution < -0.4 is 9.47 Å². The van der Waals surface area contributed by atoms with E-state index in [2.05, 4.69) is 30.7 Å². The second kappa shape index (κ2) is 9.05. The second-order valence-corrected chi connectivity index (χ2v) is 11.6. The van der Waals surface area contributed by atoms with Gasteiger partial charge in [0.05, 0.1) is 18.6 Å². The molecule has 6 rings (SSSR count). The van der Waals surface area contributed by atoms with Crippen LogP contribution in [0.15, 0.2) is 41.2 Å². The summed E-state index contributed by atoms with van der Waals surface area (Å²) < 4.78 is 17.7. The lowest BCUT2D eigenvalue weighted by Crippen LogP contribution is -2.68. The quantitative estimate of drug-likeness (QED) is 0.329. The van der Waals surface area contributed by atoms with Crippen LogP contribution in [0.3, 0.4) is 0 Å².